The van der Waals surface area contributed by atoms with Crippen LogP contribution in [0.1, 0.15) is 37.4 Å². The van der Waals surface area contributed by atoms with E-state index in [0.717, 1.165) is 12.0 Å². The van der Waals surface area contributed by atoms with Crippen LogP contribution in [-0.2, 0) is 22.9 Å². The number of rotatable bonds is 12. The molecule has 202 valence electrons. The molecule has 2 N–H and O–H groups in total. The molecule has 0 amide bonds. The van der Waals surface area contributed by atoms with E-state index < -0.39 is 15.7 Å². The normalized spacial score (nSPS) is 11.9. The monoisotopic (exact) mass is 539 g/mol. The van der Waals surface area contributed by atoms with Crippen molar-refractivity contribution in [1.29, 1.82) is 0 Å². The lowest BCUT2D eigenvalue weighted by molar-refractivity contribution is 0.254. The molecule has 4 rings (SSSR count). The second-order valence-corrected chi connectivity index (χ2v) is 10.8. The van der Waals surface area contributed by atoms with E-state index in [4.69, 9.17) is 4.74 Å². The summed E-state index contributed by atoms with van der Waals surface area (Å²) in [6.45, 7) is 5.76. The summed E-state index contributed by atoms with van der Waals surface area (Å²) < 4.78 is 35.8. The summed E-state index contributed by atoms with van der Waals surface area (Å²) in [7, 11) is -3.98. The average molecular weight is 540 g/mol. The minimum Gasteiger partial charge on any atom is -0.493 e. The highest BCUT2D eigenvalue weighted by atomic mass is 32.2. The number of hydrogen-bond acceptors (Lipinski definition) is 7. The van der Waals surface area contributed by atoms with Crippen LogP contribution in [0.15, 0.2) is 58.2 Å². The summed E-state index contributed by atoms with van der Waals surface area (Å²) in [5.74, 6) is 1.12. The zero-order chi connectivity index (χ0) is 27.3. The second-order valence-electron chi connectivity index (χ2n) is 8.86. The highest BCUT2D eigenvalue weighted by Gasteiger charge is 2.26. The Morgan fingerprint density at radius 3 is 2.50 bits per heavy atom. The van der Waals surface area contributed by atoms with Crippen LogP contribution in [-0.4, -0.2) is 63.5 Å². The summed E-state index contributed by atoms with van der Waals surface area (Å²) in [4.78, 5) is 25.0. The Hall–Kier alpha value is -3.54. The van der Waals surface area contributed by atoms with E-state index in [1.807, 2.05) is 44.2 Å². The molecule has 38 heavy (non-hydrogen) atoms. The van der Waals surface area contributed by atoms with Gasteiger partial charge in [-0.05, 0) is 50.5 Å². The molecule has 0 radical (unpaired) electrons. The van der Waals surface area contributed by atoms with Crippen LogP contribution in [0.5, 0.6) is 5.75 Å². The van der Waals surface area contributed by atoms with Crippen LogP contribution in [0.2, 0.25) is 0 Å². The Balaban J connectivity index is 1.79. The molecule has 11 heteroatoms. The maximum atomic E-state index is 13.7. The Morgan fingerprint density at radius 2 is 1.82 bits per heavy atom. The predicted molar refractivity (Wildman–Crippen MR) is 145 cm³/mol. The number of H-pyrrole nitrogens is 1. The van der Waals surface area contributed by atoms with Crippen molar-refractivity contribution >= 4 is 15.7 Å². The van der Waals surface area contributed by atoms with Gasteiger partial charge in [0.15, 0.2) is 5.65 Å². The molecule has 2 aromatic carbocycles. The molecule has 0 fully saturated rings. The Bertz CT molecular complexity index is 1560. The van der Waals surface area contributed by atoms with Gasteiger partial charge in [0.25, 0.3) is 0 Å². The lowest BCUT2D eigenvalue weighted by Crippen LogP contribution is -2.35. The first-order valence-corrected chi connectivity index (χ1v) is 14.1. The molecule has 0 unspecified atom stereocenters. The number of imidazole rings is 1. The fraction of sp³-hybridized carbons (Fsp3) is 0.370. The molecule has 0 bridgehead atoms. The number of benzene rings is 2. The number of nitrogens with one attached hydrogen (secondary N) is 1. The number of ether oxygens (including phenoxy) is 1. The fourth-order valence-corrected chi connectivity index (χ4v) is 5.86. The van der Waals surface area contributed by atoms with Gasteiger partial charge in [0, 0.05) is 13.1 Å². The molecule has 0 saturated carbocycles. The van der Waals surface area contributed by atoms with Gasteiger partial charge in [0.05, 0.1) is 29.4 Å². The maximum absolute atomic E-state index is 13.7. The van der Waals surface area contributed by atoms with Gasteiger partial charge in [0.2, 0.25) is 10.0 Å². The molecule has 2 heterocycles. The number of nitrogens with zero attached hydrogens (tertiary/aromatic N) is 4. The van der Waals surface area contributed by atoms with Crippen molar-refractivity contribution in [2.75, 3.05) is 26.3 Å². The molecule has 0 atom stereocenters. The van der Waals surface area contributed by atoms with Crippen molar-refractivity contribution in [3.8, 4) is 17.1 Å². The molecule has 0 saturated heterocycles. The van der Waals surface area contributed by atoms with E-state index in [1.54, 1.807) is 13.0 Å². The molecule has 4 aromatic rings. The summed E-state index contributed by atoms with van der Waals surface area (Å²) in [6, 6.07) is 14.1. The summed E-state index contributed by atoms with van der Waals surface area (Å²) in [5.41, 5.74) is 2.06. The van der Waals surface area contributed by atoms with E-state index in [1.165, 1.54) is 20.8 Å². The summed E-state index contributed by atoms with van der Waals surface area (Å²) >= 11 is 0. The topological polar surface area (TPSA) is 130 Å². The summed E-state index contributed by atoms with van der Waals surface area (Å²) in [5, 5.41) is 9.61. The van der Waals surface area contributed by atoms with Gasteiger partial charge in [-0.25, -0.2) is 27.6 Å². The van der Waals surface area contributed by atoms with Gasteiger partial charge in [-0.2, -0.15) is 4.31 Å². The smallest absolute Gasteiger partial charge is 0.334 e. The second kappa shape index (κ2) is 11.9. The lowest BCUT2D eigenvalue weighted by Gasteiger charge is -2.22. The average Bonchev–Trinajstić information content (AvgIpc) is 3.22. The van der Waals surface area contributed by atoms with Crippen molar-refractivity contribution in [2.24, 2.45) is 0 Å². The van der Waals surface area contributed by atoms with Crippen molar-refractivity contribution in [3.63, 3.8) is 0 Å². The van der Waals surface area contributed by atoms with Gasteiger partial charge in [0.1, 0.15) is 17.4 Å². The molecule has 0 aliphatic carbocycles. The number of hydrogen-bond donors (Lipinski definition) is 2. The zero-order valence-electron chi connectivity index (χ0n) is 21.8. The molecular weight excluding hydrogens is 506 g/mol. The van der Waals surface area contributed by atoms with Gasteiger partial charge in [-0.15, -0.1) is 0 Å². The van der Waals surface area contributed by atoms with Crippen molar-refractivity contribution in [3.05, 3.63) is 76.1 Å². The van der Waals surface area contributed by atoms with E-state index in [-0.39, 0.29) is 30.4 Å². The van der Waals surface area contributed by atoms with Crippen LogP contribution in [0, 0.1) is 6.92 Å². The van der Waals surface area contributed by atoms with Crippen molar-refractivity contribution in [1.82, 2.24) is 23.7 Å². The van der Waals surface area contributed by atoms with E-state index >= 15 is 0 Å². The molecule has 10 nitrogen and oxygen atoms in total. The van der Waals surface area contributed by atoms with E-state index in [2.05, 4.69) is 15.0 Å². The Labute approximate surface area is 222 Å². The Kier molecular flexibility index (Phi) is 8.60. The largest absolute Gasteiger partial charge is 0.493 e. The third kappa shape index (κ3) is 5.64. The molecule has 0 aliphatic rings. The molecular formula is C27H33N5O5S. The third-order valence-electron chi connectivity index (χ3n) is 6.21. The predicted octanol–water partition coefficient (Wildman–Crippen LogP) is 2.97. The quantitative estimate of drug-likeness (QED) is 0.283. The number of sulfonamides is 1. The standard InChI is InChI=1S/C27H33N5O5S/c1-4-9-23-26-29-25(30-27(34)32(26)19(3)28-23)22-18-21(12-13-24(22)37-5-2)38(35,36)31(16-17-33)15-14-20-10-7-6-8-11-20/h6-8,10-13,18,33H,4-5,9,14-17H2,1-3H3,(H,29,30,34). The van der Waals surface area contributed by atoms with Gasteiger partial charge in [-0.1, -0.05) is 43.7 Å². The number of aryl methyl sites for hydroxylation is 2. The number of aliphatic hydroxyl groups is 1. The number of aliphatic hydroxyl groups excluding tert-OH is 1. The lowest BCUT2D eigenvalue weighted by atomic mass is 10.1. The minimum atomic E-state index is -3.98. The summed E-state index contributed by atoms with van der Waals surface area (Å²) in [6.07, 6.45) is 1.98. The Morgan fingerprint density at radius 1 is 1.05 bits per heavy atom. The van der Waals surface area contributed by atoms with Crippen LogP contribution in [0.25, 0.3) is 17.0 Å². The van der Waals surface area contributed by atoms with Crippen LogP contribution >= 0.6 is 0 Å². The van der Waals surface area contributed by atoms with Crippen LogP contribution < -0.4 is 10.4 Å². The van der Waals surface area contributed by atoms with E-state index in [9.17, 15) is 18.3 Å². The maximum Gasteiger partial charge on any atom is 0.334 e. The van der Waals surface area contributed by atoms with Gasteiger partial charge < -0.3 is 9.84 Å². The number of fused-ring (bicyclic) bond motifs is 1. The zero-order valence-corrected chi connectivity index (χ0v) is 22.7. The first-order chi connectivity index (χ1) is 18.3. The number of aromatic nitrogens is 4. The molecule has 0 spiro atoms. The highest BCUT2D eigenvalue weighted by molar-refractivity contribution is 7.89. The van der Waals surface area contributed by atoms with Gasteiger partial charge in [-0.3, -0.25) is 4.98 Å². The van der Waals surface area contributed by atoms with Crippen LogP contribution in [0.4, 0.5) is 0 Å². The molecule has 2 aromatic heterocycles. The molecule has 0 aliphatic heterocycles. The van der Waals surface area contributed by atoms with Crippen LogP contribution in [0.3, 0.4) is 0 Å². The SMILES string of the molecule is CCCc1nc(C)n2c(=O)[nH]c(-c3cc(S(=O)(=O)N(CCO)CCc4ccccc4)ccc3OCC)nc12. The minimum absolute atomic E-state index is 0.0125. The van der Waals surface area contributed by atoms with Crippen molar-refractivity contribution in [2.45, 2.75) is 44.9 Å². The first-order valence-electron chi connectivity index (χ1n) is 12.7. The number of aromatic amines is 1. The highest BCUT2D eigenvalue weighted by Crippen LogP contribution is 2.32. The third-order valence-corrected chi connectivity index (χ3v) is 8.10. The van der Waals surface area contributed by atoms with E-state index in [0.29, 0.717) is 47.9 Å². The van der Waals surface area contributed by atoms with Gasteiger partial charge >= 0.3 is 5.69 Å². The fourth-order valence-electron chi connectivity index (χ4n) is 4.41. The van der Waals surface area contributed by atoms with Crippen molar-refractivity contribution < 1.29 is 18.3 Å². The first kappa shape index (κ1) is 27.5.